The van der Waals surface area contributed by atoms with E-state index in [1.807, 2.05) is 13.8 Å². The van der Waals surface area contributed by atoms with E-state index in [1.54, 1.807) is 0 Å². The van der Waals surface area contributed by atoms with Crippen LogP contribution in [0.5, 0.6) is 0 Å². The smallest absolute Gasteiger partial charge is 0.312 e. The maximum Gasteiger partial charge on any atom is 0.312 e. The van der Waals surface area contributed by atoms with Gasteiger partial charge in [-0.1, -0.05) is 6.42 Å². The molecule has 0 spiro atoms. The monoisotopic (exact) mass is 268 g/mol. The average molecular weight is 268 g/mol. The number of hydrogen-bond acceptors (Lipinski definition) is 4. The summed E-state index contributed by atoms with van der Waals surface area (Å²) in [5.74, 6) is -0.103. The highest BCUT2D eigenvalue weighted by molar-refractivity contribution is 5.76. The molecule has 19 heavy (non-hydrogen) atoms. The molecule has 1 unspecified atom stereocenters. The van der Waals surface area contributed by atoms with E-state index < -0.39 is 5.41 Å². The number of nitrogens with zero attached hydrogens (tertiary/aromatic N) is 2. The van der Waals surface area contributed by atoms with Crippen molar-refractivity contribution in [3.8, 4) is 0 Å². The Balaban J connectivity index is 1.83. The number of hydrogen-bond donors (Lipinski definition) is 0. The third-order valence-electron chi connectivity index (χ3n) is 4.51. The van der Waals surface area contributed by atoms with Gasteiger partial charge in [0.05, 0.1) is 12.5 Å². The minimum absolute atomic E-state index is 0.103. The highest BCUT2D eigenvalue weighted by Gasteiger charge is 2.35. The Hall–Kier alpha value is -0.610. The maximum atomic E-state index is 11.7. The van der Waals surface area contributed by atoms with E-state index in [2.05, 4.69) is 9.80 Å². The molecule has 4 nitrogen and oxygen atoms in total. The van der Waals surface area contributed by atoms with E-state index in [1.165, 1.54) is 45.9 Å². The van der Waals surface area contributed by atoms with E-state index in [-0.39, 0.29) is 5.97 Å². The molecule has 0 aromatic heterocycles. The Morgan fingerprint density at radius 1 is 1.21 bits per heavy atom. The van der Waals surface area contributed by atoms with Crippen LogP contribution in [0.4, 0.5) is 0 Å². The van der Waals surface area contributed by atoms with Gasteiger partial charge in [0.1, 0.15) is 0 Å². The molecule has 0 bridgehead atoms. The van der Waals surface area contributed by atoms with Gasteiger partial charge in [-0.3, -0.25) is 9.69 Å². The number of carbonyl (C=O) groups excluding carboxylic acids is 1. The molecule has 0 aromatic carbocycles. The average Bonchev–Trinajstić information content (AvgIpc) is 2.86. The topological polar surface area (TPSA) is 32.8 Å². The molecule has 0 saturated carbocycles. The second kappa shape index (κ2) is 6.23. The van der Waals surface area contributed by atoms with Crippen LogP contribution in [0, 0.1) is 5.41 Å². The summed E-state index contributed by atoms with van der Waals surface area (Å²) in [6.45, 7) is 9.52. The van der Waals surface area contributed by atoms with Crippen molar-refractivity contribution in [1.29, 1.82) is 0 Å². The number of piperidine rings is 1. The Morgan fingerprint density at radius 2 is 1.89 bits per heavy atom. The first-order valence-electron chi connectivity index (χ1n) is 7.58. The molecule has 2 saturated heterocycles. The van der Waals surface area contributed by atoms with Gasteiger partial charge in [0.2, 0.25) is 0 Å². The van der Waals surface area contributed by atoms with Gasteiger partial charge >= 0.3 is 5.97 Å². The van der Waals surface area contributed by atoms with E-state index in [0.717, 1.165) is 19.6 Å². The zero-order valence-corrected chi connectivity index (χ0v) is 12.7. The molecular weight excluding hydrogens is 240 g/mol. The molecular formula is C15H28N2O2. The third kappa shape index (κ3) is 3.69. The Morgan fingerprint density at radius 3 is 2.53 bits per heavy atom. The van der Waals surface area contributed by atoms with Crippen LogP contribution in [0.25, 0.3) is 0 Å². The first-order chi connectivity index (χ1) is 9.03. The lowest BCUT2D eigenvalue weighted by Gasteiger charge is -2.33. The molecule has 4 heteroatoms. The molecule has 0 aromatic rings. The van der Waals surface area contributed by atoms with E-state index in [4.69, 9.17) is 4.74 Å². The molecule has 0 aliphatic carbocycles. The Labute approximate surface area is 117 Å². The van der Waals surface area contributed by atoms with E-state index in [9.17, 15) is 4.79 Å². The van der Waals surface area contributed by atoms with Crippen LogP contribution >= 0.6 is 0 Å². The van der Waals surface area contributed by atoms with E-state index >= 15 is 0 Å². The molecule has 2 fully saturated rings. The van der Waals surface area contributed by atoms with Crippen LogP contribution in [-0.2, 0) is 9.53 Å². The maximum absolute atomic E-state index is 11.7. The summed E-state index contributed by atoms with van der Waals surface area (Å²) in [4.78, 5) is 16.8. The predicted octanol–water partition coefficient (Wildman–Crippen LogP) is 1.75. The highest BCUT2D eigenvalue weighted by atomic mass is 16.5. The molecule has 2 rings (SSSR count). The summed E-state index contributed by atoms with van der Waals surface area (Å²) in [5, 5.41) is 0. The minimum atomic E-state index is -0.397. The van der Waals surface area contributed by atoms with Crippen LogP contribution in [0.1, 0.15) is 39.5 Å². The van der Waals surface area contributed by atoms with Gasteiger partial charge in [-0.25, -0.2) is 0 Å². The van der Waals surface area contributed by atoms with Gasteiger partial charge in [-0.2, -0.15) is 0 Å². The highest BCUT2D eigenvalue weighted by Crippen LogP contribution is 2.25. The molecule has 2 heterocycles. The molecule has 0 amide bonds. The van der Waals surface area contributed by atoms with Crippen molar-refractivity contribution in [1.82, 2.24) is 9.80 Å². The lowest BCUT2D eigenvalue weighted by molar-refractivity contribution is -0.151. The van der Waals surface area contributed by atoms with Crippen molar-refractivity contribution in [2.75, 3.05) is 39.8 Å². The fourth-order valence-corrected chi connectivity index (χ4v) is 3.44. The summed E-state index contributed by atoms with van der Waals surface area (Å²) >= 11 is 0. The second-order valence-corrected chi connectivity index (χ2v) is 6.65. The minimum Gasteiger partial charge on any atom is -0.469 e. The second-order valence-electron chi connectivity index (χ2n) is 6.65. The first kappa shape index (κ1) is 14.8. The number of methoxy groups -OCH3 is 1. The van der Waals surface area contributed by atoms with Crippen LogP contribution in [0.3, 0.4) is 0 Å². The van der Waals surface area contributed by atoms with Crippen molar-refractivity contribution in [3.05, 3.63) is 0 Å². The summed E-state index contributed by atoms with van der Waals surface area (Å²) in [5.41, 5.74) is -0.397. The van der Waals surface area contributed by atoms with Crippen molar-refractivity contribution in [2.45, 2.75) is 45.6 Å². The van der Waals surface area contributed by atoms with Crippen LogP contribution in [-0.4, -0.2) is 61.6 Å². The largest absolute Gasteiger partial charge is 0.469 e. The summed E-state index contributed by atoms with van der Waals surface area (Å²) in [6.07, 6.45) is 5.34. The van der Waals surface area contributed by atoms with Gasteiger partial charge in [0.15, 0.2) is 0 Å². The van der Waals surface area contributed by atoms with Crippen molar-refractivity contribution >= 4 is 5.97 Å². The molecule has 110 valence electrons. The normalized spacial score (nSPS) is 26.6. The molecule has 2 aliphatic heterocycles. The standard InChI is InChI=1S/C15H28N2O2/c1-15(2,14(18)19-3)12-16-10-7-13(11-16)17-8-5-4-6-9-17/h13H,4-12H2,1-3H3. The van der Waals surface area contributed by atoms with Gasteiger partial charge < -0.3 is 9.64 Å². The van der Waals surface area contributed by atoms with Gasteiger partial charge in [-0.15, -0.1) is 0 Å². The lowest BCUT2D eigenvalue weighted by Crippen LogP contribution is -2.43. The zero-order chi connectivity index (χ0) is 13.9. The number of likely N-dealkylation sites (tertiary alicyclic amines) is 2. The fourth-order valence-electron chi connectivity index (χ4n) is 3.44. The zero-order valence-electron chi connectivity index (χ0n) is 12.7. The third-order valence-corrected chi connectivity index (χ3v) is 4.51. The first-order valence-corrected chi connectivity index (χ1v) is 7.58. The summed E-state index contributed by atoms with van der Waals surface area (Å²) in [7, 11) is 1.48. The van der Waals surface area contributed by atoms with Crippen LogP contribution in [0.15, 0.2) is 0 Å². The summed E-state index contributed by atoms with van der Waals surface area (Å²) < 4.78 is 4.89. The van der Waals surface area contributed by atoms with Gasteiger partial charge in [0.25, 0.3) is 0 Å². The lowest BCUT2D eigenvalue weighted by atomic mass is 9.93. The number of esters is 1. The fraction of sp³-hybridized carbons (Fsp3) is 0.933. The molecule has 1 atom stereocenters. The molecule has 2 aliphatic rings. The molecule has 0 radical (unpaired) electrons. The van der Waals surface area contributed by atoms with Crippen molar-refractivity contribution < 1.29 is 9.53 Å². The number of ether oxygens (including phenoxy) is 1. The molecule has 0 N–H and O–H groups in total. The Kier molecular flexibility index (Phi) is 4.85. The number of carbonyl (C=O) groups is 1. The SMILES string of the molecule is COC(=O)C(C)(C)CN1CCC(N2CCCCC2)C1. The Bertz CT molecular complexity index is 311. The number of rotatable bonds is 4. The quantitative estimate of drug-likeness (QED) is 0.727. The van der Waals surface area contributed by atoms with Gasteiger partial charge in [-0.05, 0) is 52.7 Å². The van der Waals surface area contributed by atoms with Gasteiger partial charge in [0, 0.05) is 19.1 Å². The van der Waals surface area contributed by atoms with Crippen molar-refractivity contribution in [2.24, 2.45) is 5.41 Å². The van der Waals surface area contributed by atoms with Crippen LogP contribution < -0.4 is 0 Å². The van der Waals surface area contributed by atoms with Crippen molar-refractivity contribution in [3.63, 3.8) is 0 Å². The predicted molar refractivity (Wildman–Crippen MR) is 76.1 cm³/mol. The summed E-state index contributed by atoms with van der Waals surface area (Å²) in [6, 6.07) is 0.703. The van der Waals surface area contributed by atoms with Crippen LogP contribution in [0.2, 0.25) is 0 Å². The van der Waals surface area contributed by atoms with E-state index in [0.29, 0.717) is 6.04 Å².